The Kier molecular flexibility index (Phi) is 4.84. The highest BCUT2D eigenvalue weighted by atomic mass is 19.2. The summed E-state index contributed by atoms with van der Waals surface area (Å²) in [6.07, 6.45) is 4.80. The van der Waals surface area contributed by atoms with Gasteiger partial charge < -0.3 is 10.1 Å². The van der Waals surface area contributed by atoms with Crippen molar-refractivity contribution in [1.29, 1.82) is 0 Å². The van der Waals surface area contributed by atoms with Crippen LogP contribution in [-0.4, -0.2) is 29.3 Å². The molecule has 5 nitrogen and oxygen atoms in total. The van der Waals surface area contributed by atoms with Gasteiger partial charge >= 0.3 is 0 Å². The summed E-state index contributed by atoms with van der Waals surface area (Å²) >= 11 is 0. The molecular weight excluding hydrogens is 323 g/mol. The summed E-state index contributed by atoms with van der Waals surface area (Å²) in [7, 11) is 0. The predicted octanol–water partition coefficient (Wildman–Crippen LogP) is 2.72. The zero-order chi connectivity index (χ0) is 17.1. The summed E-state index contributed by atoms with van der Waals surface area (Å²) in [6, 6.07) is 1.65. The Morgan fingerprint density at radius 1 is 1.33 bits per heavy atom. The standard InChI is InChI=1S/C16H16F3N3O2/c17-12-4-3-11(13(18)14(12)19)16(23)20-6-9-2-1-5-24-15(9)10-7-21-22-8-10/h3-4,7-9,15H,1-2,5-6H2,(H,20,23)(H,21,22)/t9-,15+/m0/s1. The van der Waals surface area contributed by atoms with Crippen molar-refractivity contribution in [3.63, 3.8) is 0 Å². The van der Waals surface area contributed by atoms with Crippen molar-refractivity contribution in [2.75, 3.05) is 13.2 Å². The number of hydrogen-bond acceptors (Lipinski definition) is 3. The van der Waals surface area contributed by atoms with E-state index in [1.807, 2.05) is 0 Å². The number of benzene rings is 1. The van der Waals surface area contributed by atoms with Crippen LogP contribution >= 0.6 is 0 Å². The quantitative estimate of drug-likeness (QED) is 0.842. The van der Waals surface area contributed by atoms with Crippen LogP contribution in [0.25, 0.3) is 0 Å². The molecule has 1 aromatic heterocycles. The summed E-state index contributed by atoms with van der Waals surface area (Å²) < 4.78 is 45.6. The maximum Gasteiger partial charge on any atom is 0.254 e. The molecule has 0 unspecified atom stereocenters. The monoisotopic (exact) mass is 339 g/mol. The number of aromatic nitrogens is 2. The van der Waals surface area contributed by atoms with Gasteiger partial charge in [0.1, 0.15) is 0 Å². The fraction of sp³-hybridized carbons (Fsp3) is 0.375. The van der Waals surface area contributed by atoms with Crippen LogP contribution in [0.4, 0.5) is 13.2 Å². The van der Waals surface area contributed by atoms with E-state index in [0.717, 1.165) is 30.5 Å². The number of aromatic amines is 1. The van der Waals surface area contributed by atoms with E-state index in [0.29, 0.717) is 6.61 Å². The Bertz CT molecular complexity index is 722. The van der Waals surface area contributed by atoms with E-state index in [9.17, 15) is 18.0 Å². The van der Waals surface area contributed by atoms with Gasteiger partial charge in [-0.3, -0.25) is 9.89 Å². The Morgan fingerprint density at radius 2 is 2.17 bits per heavy atom. The minimum absolute atomic E-state index is 0.0198. The average molecular weight is 339 g/mol. The molecule has 8 heteroatoms. The summed E-state index contributed by atoms with van der Waals surface area (Å²) in [5.41, 5.74) is 0.346. The highest BCUT2D eigenvalue weighted by molar-refractivity contribution is 5.94. The first-order valence-corrected chi connectivity index (χ1v) is 7.60. The molecule has 0 saturated carbocycles. The third-order valence-electron chi connectivity index (χ3n) is 4.10. The molecule has 2 N–H and O–H groups in total. The number of nitrogens with zero attached hydrogens (tertiary/aromatic N) is 1. The number of nitrogens with one attached hydrogen (secondary N) is 2. The number of carbonyl (C=O) groups is 1. The molecule has 1 saturated heterocycles. The van der Waals surface area contributed by atoms with Crippen molar-refractivity contribution >= 4 is 5.91 Å². The number of carbonyl (C=O) groups excluding carboxylic acids is 1. The Labute approximate surface area is 136 Å². The van der Waals surface area contributed by atoms with Crippen molar-refractivity contribution in [3.8, 4) is 0 Å². The van der Waals surface area contributed by atoms with E-state index in [4.69, 9.17) is 4.74 Å². The first kappa shape index (κ1) is 16.5. The van der Waals surface area contributed by atoms with Gasteiger partial charge in [-0.25, -0.2) is 13.2 Å². The van der Waals surface area contributed by atoms with Crippen LogP contribution in [0.15, 0.2) is 24.5 Å². The van der Waals surface area contributed by atoms with E-state index >= 15 is 0 Å². The van der Waals surface area contributed by atoms with Crippen LogP contribution in [0.2, 0.25) is 0 Å². The second kappa shape index (κ2) is 7.04. The lowest BCUT2D eigenvalue weighted by Gasteiger charge is -2.31. The van der Waals surface area contributed by atoms with Gasteiger partial charge in [0, 0.05) is 30.8 Å². The van der Waals surface area contributed by atoms with Gasteiger partial charge in [-0.15, -0.1) is 0 Å². The molecule has 0 aliphatic carbocycles. The Morgan fingerprint density at radius 3 is 2.92 bits per heavy atom. The molecule has 1 fully saturated rings. The number of H-pyrrole nitrogens is 1. The molecule has 3 rings (SSSR count). The van der Waals surface area contributed by atoms with Gasteiger partial charge in [0.2, 0.25) is 0 Å². The highest BCUT2D eigenvalue weighted by Gasteiger charge is 2.29. The average Bonchev–Trinajstić information content (AvgIpc) is 3.12. The number of halogens is 3. The Balaban J connectivity index is 1.68. The molecule has 1 amide bonds. The van der Waals surface area contributed by atoms with E-state index in [1.165, 1.54) is 0 Å². The minimum atomic E-state index is -1.65. The van der Waals surface area contributed by atoms with Crippen LogP contribution in [0.3, 0.4) is 0 Å². The fourth-order valence-corrected chi connectivity index (χ4v) is 2.86. The van der Waals surface area contributed by atoms with Crippen molar-refractivity contribution in [3.05, 3.63) is 53.1 Å². The molecular formula is C16H16F3N3O2. The first-order valence-electron chi connectivity index (χ1n) is 7.60. The number of hydrogen-bond donors (Lipinski definition) is 2. The van der Waals surface area contributed by atoms with Crippen molar-refractivity contribution in [1.82, 2.24) is 15.5 Å². The Hall–Kier alpha value is -2.35. The van der Waals surface area contributed by atoms with Crippen LogP contribution in [0.1, 0.15) is 34.9 Å². The van der Waals surface area contributed by atoms with E-state index in [1.54, 1.807) is 12.4 Å². The van der Waals surface area contributed by atoms with Crippen LogP contribution in [0.5, 0.6) is 0 Å². The van der Waals surface area contributed by atoms with Gasteiger partial charge in [-0.05, 0) is 25.0 Å². The molecule has 128 valence electrons. The second-order valence-electron chi connectivity index (χ2n) is 5.66. The molecule has 0 radical (unpaired) electrons. The maximum atomic E-state index is 13.7. The molecule has 24 heavy (non-hydrogen) atoms. The molecule has 1 aliphatic heterocycles. The number of amides is 1. The van der Waals surface area contributed by atoms with Crippen LogP contribution < -0.4 is 5.32 Å². The van der Waals surface area contributed by atoms with Crippen molar-refractivity contribution in [2.45, 2.75) is 18.9 Å². The number of rotatable bonds is 4. The molecule has 1 aromatic carbocycles. The van der Waals surface area contributed by atoms with Crippen LogP contribution in [-0.2, 0) is 4.74 Å². The third-order valence-corrected chi connectivity index (χ3v) is 4.10. The lowest BCUT2D eigenvalue weighted by molar-refractivity contribution is -0.0272. The normalized spacial score (nSPS) is 20.8. The minimum Gasteiger partial charge on any atom is -0.373 e. The summed E-state index contributed by atoms with van der Waals surface area (Å²) in [5, 5.41) is 9.17. The highest BCUT2D eigenvalue weighted by Crippen LogP contribution is 2.32. The van der Waals surface area contributed by atoms with Gasteiger partial charge in [0.25, 0.3) is 5.91 Å². The van der Waals surface area contributed by atoms with Gasteiger partial charge in [0.15, 0.2) is 17.5 Å². The fourth-order valence-electron chi connectivity index (χ4n) is 2.86. The number of ether oxygens (including phenoxy) is 1. The summed E-state index contributed by atoms with van der Waals surface area (Å²) in [5.74, 6) is -5.28. The summed E-state index contributed by atoms with van der Waals surface area (Å²) in [6.45, 7) is 0.839. The maximum absolute atomic E-state index is 13.7. The zero-order valence-corrected chi connectivity index (χ0v) is 12.7. The van der Waals surface area contributed by atoms with Crippen molar-refractivity contribution in [2.24, 2.45) is 5.92 Å². The topological polar surface area (TPSA) is 67.0 Å². The van der Waals surface area contributed by atoms with Gasteiger partial charge in [0.05, 0.1) is 17.9 Å². The predicted molar refractivity (Wildman–Crippen MR) is 78.7 cm³/mol. The zero-order valence-electron chi connectivity index (χ0n) is 12.7. The van der Waals surface area contributed by atoms with E-state index in [2.05, 4.69) is 15.5 Å². The van der Waals surface area contributed by atoms with E-state index < -0.39 is 28.9 Å². The molecule has 2 atom stereocenters. The molecule has 2 aromatic rings. The van der Waals surface area contributed by atoms with Crippen molar-refractivity contribution < 1.29 is 22.7 Å². The largest absolute Gasteiger partial charge is 0.373 e. The molecule has 0 spiro atoms. The molecule has 2 heterocycles. The summed E-state index contributed by atoms with van der Waals surface area (Å²) in [4.78, 5) is 12.1. The molecule has 1 aliphatic rings. The van der Waals surface area contributed by atoms with Crippen LogP contribution in [0, 0.1) is 23.4 Å². The van der Waals surface area contributed by atoms with Gasteiger partial charge in [-0.1, -0.05) is 0 Å². The third kappa shape index (κ3) is 3.28. The molecule has 0 bridgehead atoms. The first-order chi connectivity index (χ1) is 11.6. The lowest BCUT2D eigenvalue weighted by atomic mass is 9.91. The second-order valence-corrected chi connectivity index (χ2v) is 5.66. The van der Waals surface area contributed by atoms with Gasteiger partial charge in [-0.2, -0.15) is 5.10 Å². The van der Waals surface area contributed by atoms with E-state index in [-0.39, 0.29) is 18.6 Å². The smallest absolute Gasteiger partial charge is 0.254 e. The SMILES string of the molecule is O=C(NC[C@@H]1CCCO[C@H]1c1cn[nH]c1)c1ccc(F)c(F)c1F. The lowest BCUT2D eigenvalue weighted by Crippen LogP contribution is -2.35.